The molecule has 1 aliphatic rings. The van der Waals surface area contributed by atoms with Crippen molar-refractivity contribution in [3.8, 4) is 0 Å². The number of amides is 1. The van der Waals surface area contributed by atoms with Crippen LogP contribution in [0.15, 0.2) is 18.2 Å². The number of nitrogens with two attached hydrogens (primary N) is 1. The monoisotopic (exact) mass is 248 g/mol. The van der Waals surface area contributed by atoms with Crippen LogP contribution in [0, 0.1) is 0 Å². The minimum Gasteiger partial charge on any atom is -0.395 e. The van der Waals surface area contributed by atoms with Crippen molar-refractivity contribution in [2.24, 2.45) is 5.73 Å². The zero-order valence-electron chi connectivity index (χ0n) is 10.9. The number of hydrogen-bond acceptors (Lipinski definition) is 3. The molecule has 0 saturated carbocycles. The Kier molecular flexibility index (Phi) is 3.41. The number of fused-ring (bicyclic) bond motifs is 1. The number of carbonyl (C=O) groups is 1. The smallest absolute Gasteiger partial charge is 0.231 e. The molecule has 2 rings (SSSR count). The van der Waals surface area contributed by atoms with Crippen molar-refractivity contribution < 1.29 is 9.90 Å². The van der Waals surface area contributed by atoms with Crippen LogP contribution in [0.1, 0.15) is 25.0 Å². The fraction of sp³-hybridized carbons (Fsp3) is 0.500. The van der Waals surface area contributed by atoms with Gasteiger partial charge in [-0.05, 0) is 17.2 Å². The third-order valence-electron chi connectivity index (χ3n) is 3.63. The molecule has 0 fully saturated rings. The van der Waals surface area contributed by atoms with Gasteiger partial charge >= 0.3 is 0 Å². The molecule has 1 heterocycles. The molecule has 3 N–H and O–H groups in total. The lowest BCUT2D eigenvalue weighted by Crippen LogP contribution is -2.29. The Labute approximate surface area is 107 Å². The lowest BCUT2D eigenvalue weighted by molar-refractivity contribution is -0.117. The molecule has 1 aromatic carbocycles. The van der Waals surface area contributed by atoms with Crippen molar-refractivity contribution >= 4 is 11.6 Å². The maximum absolute atomic E-state index is 11.8. The van der Waals surface area contributed by atoms with Gasteiger partial charge in [0.1, 0.15) is 0 Å². The van der Waals surface area contributed by atoms with Crippen LogP contribution in [0.4, 0.5) is 5.69 Å². The second-order valence-electron chi connectivity index (χ2n) is 5.38. The molecule has 98 valence electrons. The molecular weight excluding hydrogens is 228 g/mol. The Morgan fingerprint density at radius 3 is 2.78 bits per heavy atom. The first-order chi connectivity index (χ1) is 8.49. The van der Waals surface area contributed by atoms with Crippen molar-refractivity contribution in [2.75, 3.05) is 24.6 Å². The van der Waals surface area contributed by atoms with E-state index in [9.17, 15) is 4.79 Å². The van der Waals surface area contributed by atoms with Gasteiger partial charge in [-0.1, -0.05) is 26.0 Å². The summed E-state index contributed by atoms with van der Waals surface area (Å²) in [5.41, 5.74) is 8.81. The summed E-state index contributed by atoms with van der Waals surface area (Å²) in [7, 11) is 0. The van der Waals surface area contributed by atoms with Crippen LogP contribution >= 0.6 is 0 Å². The van der Waals surface area contributed by atoms with Crippen molar-refractivity contribution in [1.29, 1.82) is 0 Å². The Morgan fingerprint density at radius 1 is 1.44 bits per heavy atom. The van der Waals surface area contributed by atoms with E-state index >= 15 is 0 Å². The number of carbonyl (C=O) groups excluding carboxylic acids is 1. The Hall–Kier alpha value is -1.39. The summed E-state index contributed by atoms with van der Waals surface area (Å²) >= 11 is 0. The van der Waals surface area contributed by atoms with Crippen molar-refractivity contribution in [2.45, 2.75) is 25.7 Å². The number of aliphatic hydroxyl groups excluding tert-OH is 1. The van der Waals surface area contributed by atoms with Gasteiger partial charge in [-0.15, -0.1) is 0 Å². The van der Waals surface area contributed by atoms with E-state index in [1.165, 1.54) is 0 Å². The first-order valence-electron chi connectivity index (χ1n) is 6.24. The molecule has 0 atom stereocenters. The maximum Gasteiger partial charge on any atom is 0.231 e. The van der Waals surface area contributed by atoms with Gasteiger partial charge in [0.2, 0.25) is 5.91 Å². The fourth-order valence-electron chi connectivity index (χ4n) is 2.27. The lowest BCUT2D eigenvalue weighted by Gasteiger charge is -2.24. The molecule has 0 aromatic heterocycles. The van der Waals surface area contributed by atoms with E-state index in [0.717, 1.165) is 16.8 Å². The van der Waals surface area contributed by atoms with E-state index < -0.39 is 0 Å². The zero-order chi connectivity index (χ0) is 13.3. The standard InChI is InChI=1S/C14H20N2O2/c1-14(2,9-15)11-3-4-12-10(7-11)8-13(18)16(12)5-6-17/h3-4,7,17H,5-6,8-9,15H2,1-2H3. The molecule has 1 amide bonds. The van der Waals surface area contributed by atoms with Crippen LogP contribution in [0.5, 0.6) is 0 Å². The number of nitrogens with zero attached hydrogens (tertiary/aromatic N) is 1. The summed E-state index contributed by atoms with van der Waals surface area (Å²) in [6, 6.07) is 6.05. The minimum absolute atomic E-state index is 0.0127. The van der Waals surface area contributed by atoms with Gasteiger partial charge in [-0.3, -0.25) is 4.79 Å². The Morgan fingerprint density at radius 2 is 2.17 bits per heavy atom. The quantitative estimate of drug-likeness (QED) is 0.828. The molecule has 0 unspecified atom stereocenters. The number of aliphatic hydroxyl groups is 1. The summed E-state index contributed by atoms with van der Waals surface area (Å²) in [5.74, 6) is 0.0572. The number of anilines is 1. The highest BCUT2D eigenvalue weighted by atomic mass is 16.3. The summed E-state index contributed by atoms with van der Waals surface area (Å²) in [5, 5.41) is 8.98. The van der Waals surface area contributed by atoms with E-state index in [4.69, 9.17) is 10.8 Å². The lowest BCUT2D eigenvalue weighted by atomic mass is 9.84. The van der Waals surface area contributed by atoms with Gasteiger partial charge in [0.15, 0.2) is 0 Å². The van der Waals surface area contributed by atoms with Crippen molar-refractivity contribution in [3.63, 3.8) is 0 Å². The van der Waals surface area contributed by atoms with Crippen LogP contribution in [0.3, 0.4) is 0 Å². The highest BCUT2D eigenvalue weighted by Crippen LogP contribution is 2.33. The summed E-state index contributed by atoms with van der Waals surface area (Å²) in [6.07, 6.45) is 0.420. The normalized spacial score (nSPS) is 15.1. The van der Waals surface area contributed by atoms with Gasteiger partial charge in [0.05, 0.1) is 13.0 Å². The Balaban J connectivity index is 2.36. The van der Waals surface area contributed by atoms with Gasteiger partial charge < -0.3 is 15.7 Å². The average Bonchev–Trinajstić information content (AvgIpc) is 2.66. The van der Waals surface area contributed by atoms with E-state index in [0.29, 0.717) is 19.5 Å². The van der Waals surface area contributed by atoms with Gasteiger partial charge in [0, 0.05) is 24.2 Å². The van der Waals surface area contributed by atoms with E-state index in [-0.39, 0.29) is 17.9 Å². The molecule has 4 nitrogen and oxygen atoms in total. The molecule has 0 saturated heterocycles. The van der Waals surface area contributed by atoms with E-state index in [1.54, 1.807) is 4.90 Å². The summed E-state index contributed by atoms with van der Waals surface area (Å²) in [6.45, 7) is 5.11. The van der Waals surface area contributed by atoms with Gasteiger partial charge in [-0.25, -0.2) is 0 Å². The van der Waals surface area contributed by atoms with Gasteiger partial charge in [-0.2, -0.15) is 0 Å². The van der Waals surface area contributed by atoms with E-state index in [1.807, 2.05) is 12.1 Å². The fourth-order valence-corrected chi connectivity index (χ4v) is 2.27. The highest BCUT2D eigenvalue weighted by molar-refractivity contribution is 6.01. The predicted octanol–water partition coefficient (Wildman–Crippen LogP) is 0.804. The van der Waals surface area contributed by atoms with Crippen LogP contribution in [0.25, 0.3) is 0 Å². The molecule has 4 heteroatoms. The summed E-state index contributed by atoms with van der Waals surface area (Å²) in [4.78, 5) is 13.5. The van der Waals surface area contributed by atoms with Crippen molar-refractivity contribution in [3.05, 3.63) is 29.3 Å². The largest absolute Gasteiger partial charge is 0.395 e. The topological polar surface area (TPSA) is 66.6 Å². The molecule has 1 aliphatic heterocycles. The molecule has 0 spiro atoms. The highest BCUT2D eigenvalue weighted by Gasteiger charge is 2.28. The third-order valence-corrected chi connectivity index (χ3v) is 3.63. The first-order valence-corrected chi connectivity index (χ1v) is 6.24. The van der Waals surface area contributed by atoms with Gasteiger partial charge in [0.25, 0.3) is 0 Å². The van der Waals surface area contributed by atoms with E-state index in [2.05, 4.69) is 19.9 Å². The number of hydrogen-bond donors (Lipinski definition) is 2. The molecular formula is C14H20N2O2. The molecule has 0 aliphatic carbocycles. The number of rotatable bonds is 4. The summed E-state index contributed by atoms with van der Waals surface area (Å²) < 4.78 is 0. The third kappa shape index (κ3) is 2.13. The Bertz CT molecular complexity index is 469. The molecule has 1 aromatic rings. The zero-order valence-corrected chi connectivity index (χ0v) is 10.9. The average molecular weight is 248 g/mol. The molecule has 0 radical (unpaired) electrons. The van der Waals surface area contributed by atoms with Crippen molar-refractivity contribution in [1.82, 2.24) is 0 Å². The SMILES string of the molecule is CC(C)(CN)c1ccc2c(c1)CC(=O)N2CCO. The van der Waals surface area contributed by atoms with Crippen LogP contribution in [0.2, 0.25) is 0 Å². The first kappa shape index (κ1) is 13.1. The molecule has 18 heavy (non-hydrogen) atoms. The predicted molar refractivity (Wildman–Crippen MR) is 71.7 cm³/mol. The number of β-amino-alcohol motifs (C(OH)–C–C–N with tert-alkyl or cyclic N) is 1. The maximum atomic E-state index is 11.8. The second kappa shape index (κ2) is 4.71. The van der Waals surface area contributed by atoms with Crippen LogP contribution in [-0.2, 0) is 16.6 Å². The molecule has 0 bridgehead atoms. The van der Waals surface area contributed by atoms with Crippen LogP contribution in [-0.4, -0.2) is 30.7 Å². The second-order valence-corrected chi connectivity index (χ2v) is 5.38. The number of benzene rings is 1. The van der Waals surface area contributed by atoms with Crippen LogP contribution < -0.4 is 10.6 Å². The minimum atomic E-state index is -0.0809.